The van der Waals surface area contributed by atoms with Crippen LogP contribution in [0.2, 0.25) is 0 Å². The molecule has 0 radical (unpaired) electrons. The van der Waals surface area contributed by atoms with Crippen molar-refractivity contribution in [3.8, 4) is 0 Å². The number of hydrogen-bond acceptors (Lipinski definition) is 0. The predicted octanol–water partition coefficient (Wildman–Crippen LogP) is 4.05. The van der Waals surface area contributed by atoms with Gasteiger partial charge in [0, 0.05) is 0 Å². The Balaban J connectivity index is 0.000000252. The summed E-state index contributed by atoms with van der Waals surface area (Å²) in [5.41, 5.74) is 3.68. The van der Waals surface area contributed by atoms with Crippen molar-refractivity contribution < 1.29 is 0 Å². The molecule has 0 fully saturated rings. The third-order valence-electron chi connectivity index (χ3n) is 1.57. The molecule has 0 saturated heterocycles. The standard InChI is InChI=1S/C8H10.C5H8/c1-7-3-5-8(2)6-4-7;1-4-5(2)3/h3-6H,1-2H3;4H,1-2H2,3H3. The molecular weight excluding hydrogens is 156 g/mol. The van der Waals surface area contributed by atoms with E-state index in [9.17, 15) is 0 Å². The smallest absolute Gasteiger partial charge is 0.0398 e. The minimum Gasteiger partial charge on any atom is -0.0988 e. The van der Waals surface area contributed by atoms with Crippen molar-refractivity contribution >= 4 is 0 Å². The lowest BCUT2D eigenvalue weighted by Gasteiger charge is -1.90. The van der Waals surface area contributed by atoms with Gasteiger partial charge in [0.05, 0.1) is 0 Å². The van der Waals surface area contributed by atoms with E-state index in [2.05, 4.69) is 51.3 Å². The van der Waals surface area contributed by atoms with Crippen LogP contribution in [-0.2, 0) is 0 Å². The van der Waals surface area contributed by atoms with Crippen molar-refractivity contribution in [2.24, 2.45) is 0 Å². The average molecular weight is 174 g/mol. The maximum atomic E-state index is 3.56. The fourth-order valence-electron chi connectivity index (χ4n) is 0.637. The molecule has 0 bridgehead atoms. The van der Waals surface area contributed by atoms with E-state index in [1.165, 1.54) is 11.1 Å². The van der Waals surface area contributed by atoms with E-state index in [1.807, 2.05) is 6.92 Å². The summed E-state index contributed by atoms with van der Waals surface area (Å²) in [7, 11) is 0. The van der Waals surface area contributed by atoms with Crippen LogP contribution >= 0.6 is 0 Å². The van der Waals surface area contributed by atoms with Crippen molar-refractivity contribution in [3.63, 3.8) is 0 Å². The number of rotatable bonds is 1. The van der Waals surface area contributed by atoms with Crippen LogP contribution in [0.15, 0.2) is 49.1 Å². The molecule has 0 aliphatic rings. The van der Waals surface area contributed by atoms with Gasteiger partial charge >= 0.3 is 0 Å². The summed E-state index contributed by atoms with van der Waals surface area (Å²) >= 11 is 0. The summed E-state index contributed by atoms with van der Waals surface area (Å²) in [6, 6.07) is 8.48. The summed E-state index contributed by atoms with van der Waals surface area (Å²) in [5, 5.41) is 0. The largest absolute Gasteiger partial charge is 0.0988 e. The van der Waals surface area contributed by atoms with Gasteiger partial charge in [-0.1, -0.05) is 60.2 Å². The topological polar surface area (TPSA) is 0 Å². The highest BCUT2D eigenvalue weighted by Crippen LogP contribution is 1.99. The molecule has 0 nitrogen and oxygen atoms in total. The van der Waals surface area contributed by atoms with Crippen LogP contribution in [0.25, 0.3) is 0 Å². The molecule has 0 saturated carbocycles. The van der Waals surface area contributed by atoms with Crippen molar-refractivity contribution in [1.29, 1.82) is 0 Å². The Morgan fingerprint density at radius 2 is 1.31 bits per heavy atom. The normalized spacial score (nSPS) is 8.23. The molecule has 1 aromatic carbocycles. The van der Waals surface area contributed by atoms with Crippen LogP contribution in [0, 0.1) is 13.8 Å². The Bertz CT molecular complexity index is 244. The van der Waals surface area contributed by atoms with Gasteiger partial charge in [0.25, 0.3) is 0 Å². The third kappa shape index (κ3) is 7.07. The van der Waals surface area contributed by atoms with Gasteiger partial charge in [0.1, 0.15) is 0 Å². The molecule has 0 N–H and O–H groups in total. The number of benzene rings is 1. The Labute approximate surface area is 81.6 Å². The van der Waals surface area contributed by atoms with Gasteiger partial charge in [-0.2, -0.15) is 0 Å². The molecular formula is C13H18. The van der Waals surface area contributed by atoms with Crippen LogP contribution in [0.4, 0.5) is 0 Å². The van der Waals surface area contributed by atoms with Crippen LogP contribution in [0.1, 0.15) is 18.1 Å². The van der Waals surface area contributed by atoms with Crippen molar-refractivity contribution in [1.82, 2.24) is 0 Å². The van der Waals surface area contributed by atoms with E-state index < -0.39 is 0 Å². The van der Waals surface area contributed by atoms with E-state index >= 15 is 0 Å². The SMILES string of the molecule is C=CC(=C)C.Cc1ccc(C)cc1. The summed E-state index contributed by atoms with van der Waals surface area (Å²) < 4.78 is 0. The summed E-state index contributed by atoms with van der Waals surface area (Å²) in [6.45, 7) is 13.1. The second kappa shape index (κ2) is 6.24. The van der Waals surface area contributed by atoms with Gasteiger partial charge < -0.3 is 0 Å². The lowest BCUT2D eigenvalue weighted by atomic mass is 10.2. The van der Waals surface area contributed by atoms with Crippen molar-refractivity contribution in [2.75, 3.05) is 0 Å². The lowest BCUT2D eigenvalue weighted by molar-refractivity contribution is 1.40. The van der Waals surface area contributed by atoms with Gasteiger partial charge in [-0.3, -0.25) is 0 Å². The molecule has 70 valence electrons. The molecule has 0 unspecified atom stereocenters. The Morgan fingerprint density at radius 3 is 1.46 bits per heavy atom. The maximum absolute atomic E-state index is 3.56. The Hall–Kier alpha value is -1.30. The molecule has 1 rings (SSSR count). The second-order valence-corrected chi connectivity index (χ2v) is 3.21. The molecule has 0 heteroatoms. The predicted molar refractivity (Wildman–Crippen MR) is 60.9 cm³/mol. The summed E-state index contributed by atoms with van der Waals surface area (Å²) in [5.74, 6) is 0. The van der Waals surface area contributed by atoms with Crippen LogP contribution in [0.3, 0.4) is 0 Å². The van der Waals surface area contributed by atoms with E-state index in [0.717, 1.165) is 5.57 Å². The highest BCUT2D eigenvalue weighted by Gasteiger charge is 1.79. The van der Waals surface area contributed by atoms with E-state index in [1.54, 1.807) is 6.08 Å². The van der Waals surface area contributed by atoms with Gasteiger partial charge in [0.15, 0.2) is 0 Å². The summed E-state index contributed by atoms with van der Waals surface area (Å²) in [4.78, 5) is 0. The minimum absolute atomic E-state index is 1.02. The average Bonchev–Trinajstić information content (AvgIpc) is 2.11. The summed E-state index contributed by atoms with van der Waals surface area (Å²) in [6.07, 6.45) is 1.72. The number of hydrogen-bond donors (Lipinski definition) is 0. The fraction of sp³-hybridized carbons (Fsp3) is 0.231. The molecule has 0 amide bonds. The first-order valence-corrected chi connectivity index (χ1v) is 4.37. The van der Waals surface area contributed by atoms with Gasteiger partial charge in [-0.15, -0.1) is 0 Å². The molecule has 0 spiro atoms. The molecule has 0 atom stereocenters. The van der Waals surface area contributed by atoms with E-state index in [4.69, 9.17) is 0 Å². The van der Waals surface area contributed by atoms with Crippen LogP contribution < -0.4 is 0 Å². The highest BCUT2D eigenvalue weighted by atomic mass is 13.9. The first kappa shape index (κ1) is 11.7. The number of aryl methyl sites for hydroxylation is 2. The zero-order valence-electron chi connectivity index (χ0n) is 8.80. The molecule has 0 aromatic heterocycles. The molecule has 0 heterocycles. The first-order valence-electron chi connectivity index (χ1n) is 4.37. The van der Waals surface area contributed by atoms with Crippen molar-refractivity contribution in [2.45, 2.75) is 20.8 Å². The number of allylic oxidation sites excluding steroid dienone is 2. The maximum Gasteiger partial charge on any atom is -0.0398 e. The minimum atomic E-state index is 1.02. The fourth-order valence-corrected chi connectivity index (χ4v) is 0.637. The molecule has 13 heavy (non-hydrogen) atoms. The van der Waals surface area contributed by atoms with Crippen molar-refractivity contribution in [3.05, 3.63) is 60.2 Å². The van der Waals surface area contributed by atoms with Gasteiger partial charge in [0.2, 0.25) is 0 Å². The van der Waals surface area contributed by atoms with E-state index in [-0.39, 0.29) is 0 Å². The van der Waals surface area contributed by atoms with Crippen LogP contribution in [0.5, 0.6) is 0 Å². The van der Waals surface area contributed by atoms with Crippen LogP contribution in [-0.4, -0.2) is 0 Å². The monoisotopic (exact) mass is 174 g/mol. The quantitative estimate of drug-likeness (QED) is 0.563. The zero-order valence-corrected chi connectivity index (χ0v) is 8.80. The molecule has 0 aliphatic carbocycles. The van der Waals surface area contributed by atoms with Gasteiger partial charge in [-0.25, -0.2) is 0 Å². The lowest BCUT2D eigenvalue weighted by Crippen LogP contribution is -1.70. The van der Waals surface area contributed by atoms with E-state index in [0.29, 0.717) is 0 Å². The highest BCUT2D eigenvalue weighted by molar-refractivity contribution is 5.19. The van der Waals surface area contributed by atoms with Gasteiger partial charge in [-0.05, 0) is 20.8 Å². The second-order valence-electron chi connectivity index (χ2n) is 3.21. The molecule has 1 aromatic rings. The third-order valence-corrected chi connectivity index (χ3v) is 1.57. The Kier molecular flexibility index (Phi) is 5.62. The molecule has 0 aliphatic heterocycles. The Morgan fingerprint density at radius 1 is 1.08 bits per heavy atom. The zero-order chi connectivity index (χ0) is 10.3. The first-order chi connectivity index (χ1) is 6.06.